The molecule has 2 heterocycles. The number of carbonyl (C=O) groups is 1. The van der Waals surface area contributed by atoms with Crippen molar-refractivity contribution in [3.05, 3.63) is 35.4 Å². The fourth-order valence-corrected chi connectivity index (χ4v) is 3.80. The Morgan fingerprint density at radius 1 is 1.38 bits per heavy atom. The van der Waals surface area contributed by atoms with Crippen molar-refractivity contribution in [1.29, 1.82) is 5.26 Å². The van der Waals surface area contributed by atoms with Gasteiger partial charge in [-0.3, -0.25) is 9.69 Å². The van der Waals surface area contributed by atoms with E-state index >= 15 is 0 Å². The van der Waals surface area contributed by atoms with Crippen LogP contribution in [0, 0.1) is 18.3 Å². The number of nitriles is 1. The van der Waals surface area contributed by atoms with Crippen molar-refractivity contribution >= 4 is 22.7 Å². The van der Waals surface area contributed by atoms with E-state index in [0.29, 0.717) is 5.56 Å². The highest BCUT2D eigenvalue weighted by Gasteiger charge is 2.24. The number of hydrogen-bond donors (Lipinski definition) is 1. The lowest BCUT2D eigenvalue weighted by atomic mass is 10.0. The number of rotatable bonds is 4. The van der Waals surface area contributed by atoms with Gasteiger partial charge in [-0.25, -0.2) is 4.98 Å². The summed E-state index contributed by atoms with van der Waals surface area (Å²) in [4.78, 5) is 19.9. The van der Waals surface area contributed by atoms with Crippen LogP contribution in [-0.2, 0) is 4.79 Å². The third-order valence-electron chi connectivity index (χ3n) is 5.25. The Morgan fingerprint density at radius 2 is 2.15 bits per heavy atom. The minimum atomic E-state index is -0.799. The van der Waals surface area contributed by atoms with Crippen molar-refractivity contribution in [3.8, 4) is 6.07 Å². The van der Waals surface area contributed by atoms with E-state index in [2.05, 4.69) is 11.0 Å². The first-order chi connectivity index (χ1) is 12.5. The number of benzene rings is 1. The molecular formula is C20H24N4O2. The van der Waals surface area contributed by atoms with Gasteiger partial charge in [0.15, 0.2) is 0 Å². The summed E-state index contributed by atoms with van der Waals surface area (Å²) >= 11 is 0. The highest BCUT2D eigenvalue weighted by Crippen LogP contribution is 2.29. The molecule has 1 aromatic carbocycles. The summed E-state index contributed by atoms with van der Waals surface area (Å²) in [6.45, 7) is 3.64. The van der Waals surface area contributed by atoms with Crippen molar-refractivity contribution in [2.24, 2.45) is 0 Å². The maximum absolute atomic E-state index is 11.0. The number of nitrogens with zero attached hydrogens (tertiary/aromatic N) is 4. The second kappa shape index (κ2) is 7.71. The van der Waals surface area contributed by atoms with Gasteiger partial charge in [0.2, 0.25) is 0 Å². The van der Waals surface area contributed by atoms with E-state index in [9.17, 15) is 10.1 Å². The topological polar surface area (TPSA) is 80.5 Å². The Morgan fingerprint density at radius 3 is 2.88 bits per heavy atom. The Balaban J connectivity index is 1.88. The average molecular weight is 352 g/mol. The molecule has 0 saturated carbocycles. The van der Waals surface area contributed by atoms with Crippen LogP contribution >= 0.6 is 0 Å². The van der Waals surface area contributed by atoms with E-state index in [1.807, 2.05) is 43.1 Å². The van der Waals surface area contributed by atoms with E-state index in [4.69, 9.17) is 10.1 Å². The van der Waals surface area contributed by atoms with Gasteiger partial charge >= 0.3 is 5.97 Å². The van der Waals surface area contributed by atoms with E-state index in [0.717, 1.165) is 54.6 Å². The molecule has 1 unspecified atom stereocenters. The lowest BCUT2D eigenvalue weighted by Gasteiger charge is -2.26. The molecule has 6 nitrogen and oxygen atoms in total. The lowest BCUT2D eigenvalue weighted by Crippen LogP contribution is -2.36. The molecule has 0 spiro atoms. The molecular weight excluding hydrogens is 328 g/mol. The minimum absolute atomic E-state index is 0.0570. The van der Waals surface area contributed by atoms with E-state index in [1.54, 1.807) is 0 Å². The quantitative estimate of drug-likeness (QED) is 0.911. The van der Waals surface area contributed by atoms with E-state index < -0.39 is 5.97 Å². The molecule has 2 aromatic rings. The number of fused-ring (bicyclic) bond motifs is 1. The van der Waals surface area contributed by atoms with Gasteiger partial charge < -0.3 is 10.0 Å². The van der Waals surface area contributed by atoms with Gasteiger partial charge in [-0.05, 0) is 44.9 Å². The lowest BCUT2D eigenvalue weighted by molar-refractivity contribution is -0.138. The number of aliphatic carboxylic acids is 1. The normalized spacial score (nSPS) is 17.9. The average Bonchev–Trinajstić information content (AvgIpc) is 2.87. The summed E-state index contributed by atoms with van der Waals surface area (Å²) in [6, 6.07) is 10.5. The molecule has 1 fully saturated rings. The molecule has 0 radical (unpaired) electrons. The van der Waals surface area contributed by atoms with Crippen LogP contribution in [0.25, 0.3) is 10.9 Å². The first kappa shape index (κ1) is 18.2. The predicted molar refractivity (Wildman–Crippen MR) is 101 cm³/mol. The molecule has 1 N–H and O–H groups in total. The van der Waals surface area contributed by atoms with Crippen molar-refractivity contribution in [1.82, 2.24) is 9.88 Å². The smallest absolute Gasteiger partial charge is 0.317 e. The number of hydrogen-bond acceptors (Lipinski definition) is 5. The van der Waals surface area contributed by atoms with Crippen molar-refractivity contribution in [2.45, 2.75) is 32.2 Å². The molecule has 6 heteroatoms. The Labute approximate surface area is 153 Å². The first-order valence-corrected chi connectivity index (χ1v) is 8.97. The SMILES string of the molecule is Cc1c(C#N)c(N2CCCC(N(C)CC(=O)O)CC2)nc2ccccc12. The highest BCUT2D eigenvalue weighted by molar-refractivity contribution is 5.87. The zero-order valence-electron chi connectivity index (χ0n) is 15.3. The number of likely N-dealkylation sites (N-methyl/N-ethyl adjacent to an activating group) is 1. The minimum Gasteiger partial charge on any atom is -0.480 e. The van der Waals surface area contributed by atoms with Crippen LogP contribution < -0.4 is 4.90 Å². The third kappa shape index (κ3) is 3.63. The van der Waals surface area contributed by atoms with Gasteiger partial charge in [0.1, 0.15) is 11.9 Å². The monoisotopic (exact) mass is 352 g/mol. The Kier molecular flexibility index (Phi) is 5.38. The molecule has 26 heavy (non-hydrogen) atoms. The maximum atomic E-state index is 11.0. The number of carboxylic acids is 1. The van der Waals surface area contributed by atoms with Gasteiger partial charge in [-0.1, -0.05) is 18.2 Å². The number of carboxylic acid groups (broad SMARTS) is 1. The summed E-state index contributed by atoms with van der Waals surface area (Å²) in [6.07, 6.45) is 2.77. The van der Waals surface area contributed by atoms with Gasteiger partial charge in [0, 0.05) is 24.5 Å². The zero-order valence-corrected chi connectivity index (χ0v) is 15.3. The molecule has 136 valence electrons. The van der Waals surface area contributed by atoms with Crippen molar-refractivity contribution in [2.75, 3.05) is 31.6 Å². The second-order valence-corrected chi connectivity index (χ2v) is 6.94. The van der Waals surface area contributed by atoms with Crippen LogP contribution in [0.15, 0.2) is 24.3 Å². The number of aromatic nitrogens is 1. The molecule has 1 aromatic heterocycles. The Bertz CT molecular complexity index is 859. The van der Waals surface area contributed by atoms with Crippen molar-refractivity contribution < 1.29 is 9.90 Å². The second-order valence-electron chi connectivity index (χ2n) is 6.94. The molecule has 0 aliphatic carbocycles. The summed E-state index contributed by atoms with van der Waals surface area (Å²) in [7, 11) is 1.87. The summed E-state index contributed by atoms with van der Waals surface area (Å²) in [5.41, 5.74) is 2.51. The Hall–Kier alpha value is -2.65. The fourth-order valence-electron chi connectivity index (χ4n) is 3.80. The maximum Gasteiger partial charge on any atom is 0.317 e. The molecule has 0 bridgehead atoms. The largest absolute Gasteiger partial charge is 0.480 e. The van der Waals surface area contributed by atoms with Crippen LogP contribution in [0.5, 0.6) is 0 Å². The molecule has 1 aliphatic heterocycles. The molecule has 3 rings (SSSR count). The van der Waals surface area contributed by atoms with E-state index in [-0.39, 0.29) is 12.6 Å². The van der Waals surface area contributed by atoms with Crippen LogP contribution in [0.2, 0.25) is 0 Å². The van der Waals surface area contributed by atoms with Gasteiger partial charge in [0.25, 0.3) is 0 Å². The van der Waals surface area contributed by atoms with E-state index in [1.165, 1.54) is 0 Å². The number of anilines is 1. The first-order valence-electron chi connectivity index (χ1n) is 8.97. The highest BCUT2D eigenvalue weighted by atomic mass is 16.4. The zero-order chi connectivity index (χ0) is 18.7. The van der Waals surface area contributed by atoms with Crippen LogP contribution in [-0.4, -0.2) is 53.7 Å². The van der Waals surface area contributed by atoms with Gasteiger partial charge in [-0.2, -0.15) is 5.26 Å². The molecule has 1 atom stereocenters. The van der Waals surface area contributed by atoms with Gasteiger partial charge in [0.05, 0.1) is 17.6 Å². The van der Waals surface area contributed by atoms with Crippen molar-refractivity contribution in [3.63, 3.8) is 0 Å². The summed E-state index contributed by atoms with van der Waals surface area (Å²) in [5.74, 6) is -0.0440. The van der Waals surface area contributed by atoms with Gasteiger partial charge in [-0.15, -0.1) is 0 Å². The molecule has 1 saturated heterocycles. The molecule has 1 aliphatic rings. The summed E-state index contributed by atoms with van der Waals surface area (Å²) < 4.78 is 0. The summed E-state index contributed by atoms with van der Waals surface area (Å²) in [5, 5.41) is 19.7. The van der Waals surface area contributed by atoms with Crippen LogP contribution in [0.1, 0.15) is 30.4 Å². The number of pyridine rings is 1. The predicted octanol–water partition coefficient (Wildman–Crippen LogP) is 2.79. The fraction of sp³-hybridized carbons (Fsp3) is 0.450. The van der Waals surface area contributed by atoms with Crippen LogP contribution in [0.4, 0.5) is 5.82 Å². The number of aryl methyl sites for hydroxylation is 1. The third-order valence-corrected chi connectivity index (χ3v) is 5.25. The number of para-hydroxylation sites is 1. The standard InChI is InChI=1S/C20H24N4O2/c1-14-16-7-3-4-8-18(16)22-20(17(14)12-21)24-10-5-6-15(9-11-24)23(2)13-19(25)26/h3-4,7-8,15H,5-6,9-11,13H2,1-2H3,(H,25,26). The van der Waals surface area contributed by atoms with Crippen LogP contribution in [0.3, 0.4) is 0 Å². The molecule has 0 amide bonds.